The van der Waals surface area contributed by atoms with Gasteiger partial charge in [-0.15, -0.1) is 0 Å². The molecule has 0 saturated heterocycles. The number of fused-ring (bicyclic) bond motifs is 3. The van der Waals surface area contributed by atoms with Crippen LogP contribution in [0.3, 0.4) is 0 Å². The van der Waals surface area contributed by atoms with E-state index in [2.05, 4.69) is 16.0 Å². The van der Waals surface area contributed by atoms with E-state index in [4.69, 9.17) is 22.7 Å². The van der Waals surface area contributed by atoms with Gasteiger partial charge in [0.25, 0.3) is 5.56 Å². The number of nitrogens with zero attached hydrogens (tertiary/aromatic N) is 2. The van der Waals surface area contributed by atoms with Gasteiger partial charge in [0.15, 0.2) is 10.2 Å². The third-order valence-corrected chi connectivity index (χ3v) is 6.41. The predicted molar refractivity (Wildman–Crippen MR) is 117 cm³/mol. The van der Waals surface area contributed by atoms with Crippen molar-refractivity contribution in [2.75, 3.05) is 4.90 Å². The van der Waals surface area contributed by atoms with Crippen molar-refractivity contribution in [2.24, 2.45) is 5.73 Å². The molecule has 1 unspecified atom stereocenters. The van der Waals surface area contributed by atoms with Crippen molar-refractivity contribution in [2.45, 2.75) is 38.6 Å². The Labute approximate surface area is 182 Å². The first kappa shape index (κ1) is 19.3. The highest BCUT2D eigenvalue weighted by molar-refractivity contribution is 7.71. The zero-order valence-corrected chi connectivity index (χ0v) is 18.2. The molecule has 1 atom stereocenters. The third kappa shape index (κ3) is 2.15. The monoisotopic (exact) mass is 433 g/mol. The largest absolute Gasteiger partial charge is 0.424 e. The Morgan fingerprint density at radius 3 is 2.61 bits per heavy atom. The number of aromatic amines is 2. The predicted octanol–water partition coefficient (Wildman–Crippen LogP) is 2.66. The first-order valence-electron chi connectivity index (χ1n) is 9.69. The van der Waals surface area contributed by atoms with Crippen molar-refractivity contribution in [1.29, 1.82) is 5.26 Å². The van der Waals surface area contributed by atoms with Crippen molar-refractivity contribution >= 4 is 29.4 Å². The van der Waals surface area contributed by atoms with Crippen LogP contribution in [-0.2, 0) is 10.2 Å². The second kappa shape index (κ2) is 5.74. The number of allylic oxidation sites excluding steroid dienone is 1. The van der Waals surface area contributed by atoms with Crippen molar-refractivity contribution in [1.82, 2.24) is 9.97 Å². The summed E-state index contributed by atoms with van der Waals surface area (Å²) < 4.78 is 5.60. The van der Waals surface area contributed by atoms with E-state index in [0.29, 0.717) is 11.3 Å². The number of H-pyrrole nitrogens is 2. The number of nitrogens with one attached hydrogen (secondary N) is 2. The zero-order valence-electron chi connectivity index (χ0n) is 17.3. The van der Waals surface area contributed by atoms with Crippen molar-refractivity contribution in [3.8, 4) is 11.9 Å². The molecule has 1 aromatic heterocycles. The molecule has 2 aromatic rings. The molecular formula is C22H19N5O3S. The standard InChI is InChI=1S/C22H19N5O3S/c1-9-5-11-10(2)7-21(3,4)27-15(11)12(6-9)22(19(27)29)13(8-23)16(24)30-18-14(22)17(28)25-20(31)26-18/h5-7H,24H2,1-4H3,(H2,25,26,28,31). The van der Waals surface area contributed by atoms with Crippen LogP contribution >= 0.6 is 12.2 Å². The lowest BCUT2D eigenvalue weighted by atomic mass is 9.69. The minimum atomic E-state index is -1.74. The van der Waals surface area contributed by atoms with Crippen LogP contribution in [0, 0.1) is 23.0 Å². The van der Waals surface area contributed by atoms with Crippen LogP contribution < -0.4 is 20.9 Å². The summed E-state index contributed by atoms with van der Waals surface area (Å²) in [6.45, 7) is 7.73. The fourth-order valence-corrected chi connectivity index (χ4v) is 5.37. The van der Waals surface area contributed by atoms with Crippen LogP contribution in [0.2, 0.25) is 0 Å². The fourth-order valence-electron chi connectivity index (χ4n) is 5.19. The highest BCUT2D eigenvalue weighted by atomic mass is 32.1. The molecule has 5 rings (SSSR count). The van der Waals surface area contributed by atoms with Crippen LogP contribution in [0.5, 0.6) is 5.88 Å². The van der Waals surface area contributed by atoms with Crippen molar-refractivity contribution in [3.63, 3.8) is 0 Å². The number of aromatic nitrogens is 2. The minimum absolute atomic E-state index is 0.0208. The second-order valence-corrected chi connectivity index (χ2v) is 9.05. The number of hydrogen-bond donors (Lipinski definition) is 3. The second-order valence-electron chi connectivity index (χ2n) is 8.65. The molecule has 0 fully saturated rings. The van der Waals surface area contributed by atoms with E-state index in [1.165, 1.54) is 0 Å². The minimum Gasteiger partial charge on any atom is -0.424 e. The average Bonchev–Trinajstić information content (AvgIpc) is 2.89. The molecule has 1 amide bonds. The van der Waals surface area contributed by atoms with E-state index in [0.717, 1.165) is 16.7 Å². The molecule has 31 heavy (non-hydrogen) atoms. The lowest BCUT2D eigenvalue weighted by Crippen LogP contribution is -2.54. The molecule has 8 nitrogen and oxygen atoms in total. The first-order chi connectivity index (χ1) is 14.5. The van der Waals surface area contributed by atoms with Gasteiger partial charge < -0.3 is 20.4 Å². The first-order valence-corrected chi connectivity index (χ1v) is 10.1. The highest BCUT2D eigenvalue weighted by Crippen LogP contribution is 2.58. The number of nitrogens with two attached hydrogens (primary N) is 1. The smallest absolute Gasteiger partial charge is 0.260 e. The molecule has 0 aliphatic carbocycles. The van der Waals surface area contributed by atoms with Crippen molar-refractivity contribution in [3.05, 3.63) is 67.0 Å². The maximum atomic E-state index is 14.3. The van der Waals surface area contributed by atoms with E-state index >= 15 is 0 Å². The van der Waals surface area contributed by atoms with E-state index < -0.39 is 22.4 Å². The Hall–Kier alpha value is -3.64. The van der Waals surface area contributed by atoms with E-state index in [1.807, 2.05) is 45.9 Å². The van der Waals surface area contributed by atoms with Crippen LogP contribution in [-0.4, -0.2) is 21.4 Å². The average molecular weight is 433 g/mol. The van der Waals surface area contributed by atoms with Crippen molar-refractivity contribution < 1.29 is 9.53 Å². The summed E-state index contributed by atoms with van der Waals surface area (Å²) in [6, 6.07) is 5.90. The Morgan fingerprint density at radius 1 is 1.23 bits per heavy atom. The van der Waals surface area contributed by atoms with Crippen LogP contribution in [0.4, 0.5) is 5.69 Å². The van der Waals surface area contributed by atoms with E-state index in [9.17, 15) is 14.9 Å². The summed E-state index contributed by atoms with van der Waals surface area (Å²) >= 11 is 5.08. The molecule has 1 aromatic carbocycles. The Balaban J connectivity index is 2.05. The summed E-state index contributed by atoms with van der Waals surface area (Å²) in [4.78, 5) is 34.5. The van der Waals surface area contributed by atoms with E-state index in [1.54, 1.807) is 4.90 Å². The topological polar surface area (TPSA) is 128 Å². The molecule has 4 N–H and O–H groups in total. The van der Waals surface area contributed by atoms with Gasteiger partial charge in [0.2, 0.25) is 17.7 Å². The van der Waals surface area contributed by atoms with Gasteiger partial charge in [-0.1, -0.05) is 17.7 Å². The third-order valence-electron chi connectivity index (χ3n) is 6.21. The Bertz CT molecular complexity index is 1450. The number of carbonyl (C=O) groups excluding carboxylic acids is 1. The van der Waals surface area contributed by atoms with E-state index in [-0.39, 0.29) is 27.7 Å². The normalized spacial score (nSPS) is 22.6. The molecule has 3 aliphatic rings. The maximum Gasteiger partial charge on any atom is 0.260 e. The van der Waals surface area contributed by atoms with Crippen LogP contribution in [0.25, 0.3) is 5.57 Å². The summed E-state index contributed by atoms with van der Waals surface area (Å²) in [5.74, 6) is -0.698. The quantitative estimate of drug-likeness (QED) is 0.548. The molecule has 0 saturated carbocycles. The van der Waals surface area contributed by atoms with Gasteiger partial charge in [-0.05, 0) is 51.6 Å². The fraction of sp³-hybridized carbons (Fsp3) is 0.273. The van der Waals surface area contributed by atoms with Crippen LogP contribution in [0.15, 0.2) is 34.5 Å². The van der Waals surface area contributed by atoms with Gasteiger partial charge in [0.05, 0.1) is 11.2 Å². The number of aryl methyl sites for hydroxylation is 1. The molecule has 0 radical (unpaired) electrons. The molecule has 3 aliphatic heterocycles. The summed E-state index contributed by atoms with van der Waals surface area (Å²) in [5.41, 5.74) is 6.95. The number of nitriles is 1. The number of benzene rings is 1. The number of hydrogen-bond acceptors (Lipinski definition) is 6. The van der Waals surface area contributed by atoms with Gasteiger partial charge >= 0.3 is 0 Å². The maximum absolute atomic E-state index is 14.3. The van der Waals surface area contributed by atoms with Gasteiger partial charge in [-0.25, -0.2) is 0 Å². The Kier molecular flexibility index (Phi) is 3.58. The van der Waals surface area contributed by atoms with Gasteiger partial charge in [0, 0.05) is 11.1 Å². The highest BCUT2D eigenvalue weighted by Gasteiger charge is 2.63. The Morgan fingerprint density at radius 2 is 1.94 bits per heavy atom. The molecule has 0 bridgehead atoms. The summed E-state index contributed by atoms with van der Waals surface area (Å²) in [6.07, 6.45) is 2.01. The molecule has 9 heteroatoms. The number of rotatable bonds is 0. The van der Waals surface area contributed by atoms with Gasteiger partial charge in [0.1, 0.15) is 17.2 Å². The lowest BCUT2D eigenvalue weighted by Gasteiger charge is -2.40. The number of ether oxygens (including phenoxy) is 1. The number of amides is 1. The number of carbonyl (C=O) groups is 1. The zero-order chi connectivity index (χ0) is 22.5. The summed E-state index contributed by atoms with van der Waals surface area (Å²) in [7, 11) is 0. The SMILES string of the molecule is CC1=CC(C)(C)N2C(=O)C3(C(C#N)=C(N)Oc4[nH]c(=S)[nH]c(=O)c43)c3cc(C)cc1c32. The van der Waals surface area contributed by atoms with Crippen LogP contribution in [0.1, 0.15) is 43.0 Å². The van der Waals surface area contributed by atoms with Gasteiger partial charge in [-0.2, -0.15) is 5.26 Å². The molecule has 156 valence electrons. The lowest BCUT2D eigenvalue weighted by molar-refractivity contribution is -0.121. The van der Waals surface area contributed by atoms with Gasteiger partial charge in [-0.3, -0.25) is 14.6 Å². The molecule has 1 spiro atoms. The molecule has 4 heterocycles. The number of anilines is 1. The summed E-state index contributed by atoms with van der Waals surface area (Å²) in [5, 5.41) is 10.1. The molecular weight excluding hydrogens is 414 g/mol.